The highest BCUT2D eigenvalue weighted by atomic mass is 32.2. The van der Waals surface area contributed by atoms with E-state index in [0.29, 0.717) is 6.42 Å². The Morgan fingerprint density at radius 1 is 1.33 bits per heavy atom. The van der Waals surface area contributed by atoms with Gasteiger partial charge in [-0.1, -0.05) is 25.8 Å². The summed E-state index contributed by atoms with van der Waals surface area (Å²) in [5.41, 5.74) is 4.93. The van der Waals surface area contributed by atoms with E-state index in [1.807, 2.05) is 6.92 Å². The minimum atomic E-state index is -4.30. The van der Waals surface area contributed by atoms with Crippen molar-refractivity contribution in [3.8, 4) is 0 Å². The molecule has 0 spiro atoms. The predicted octanol–water partition coefficient (Wildman–Crippen LogP) is 2.15. The van der Waals surface area contributed by atoms with E-state index in [9.17, 15) is 17.2 Å². The Hall–Kier alpha value is -1.05. The molecule has 2 unspecified atom stereocenters. The van der Waals surface area contributed by atoms with Gasteiger partial charge < -0.3 is 5.73 Å². The zero-order chi connectivity index (χ0) is 15.7. The first-order valence-corrected chi connectivity index (χ1v) is 8.49. The van der Waals surface area contributed by atoms with Gasteiger partial charge in [0.25, 0.3) is 0 Å². The van der Waals surface area contributed by atoms with Crippen molar-refractivity contribution in [3.05, 3.63) is 29.8 Å². The van der Waals surface area contributed by atoms with Crippen LogP contribution in [-0.2, 0) is 10.0 Å². The van der Waals surface area contributed by atoms with Crippen LogP contribution < -0.4 is 10.5 Å². The average Bonchev–Trinajstić information content (AvgIpc) is 2.40. The van der Waals surface area contributed by atoms with E-state index in [-0.39, 0.29) is 12.5 Å². The first-order valence-electron chi connectivity index (χ1n) is 7.00. The maximum absolute atomic E-state index is 13.7. The summed E-state index contributed by atoms with van der Waals surface area (Å²) in [5.74, 6) is -2.18. The second kappa shape index (κ2) is 5.98. The number of hydrogen-bond acceptors (Lipinski definition) is 3. The highest BCUT2D eigenvalue weighted by Crippen LogP contribution is 2.34. The Morgan fingerprint density at radius 2 is 1.95 bits per heavy atom. The second-order valence-corrected chi connectivity index (χ2v) is 7.28. The molecule has 1 aromatic rings. The smallest absolute Gasteiger partial charge is 0.246 e. The van der Waals surface area contributed by atoms with Gasteiger partial charge in [0, 0.05) is 12.1 Å². The van der Waals surface area contributed by atoms with Gasteiger partial charge in [0.15, 0.2) is 4.90 Å². The molecule has 1 fully saturated rings. The fourth-order valence-corrected chi connectivity index (χ4v) is 4.64. The molecular weight excluding hydrogens is 298 g/mol. The molecule has 1 saturated carbocycles. The lowest BCUT2D eigenvalue weighted by atomic mass is 9.74. The van der Waals surface area contributed by atoms with Gasteiger partial charge in [-0.05, 0) is 30.9 Å². The summed E-state index contributed by atoms with van der Waals surface area (Å²) in [6, 6.07) is 2.99. The van der Waals surface area contributed by atoms with Crippen LogP contribution in [0.1, 0.15) is 32.6 Å². The van der Waals surface area contributed by atoms with E-state index in [1.54, 1.807) is 0 Å². The number of sulfonamides is 1. The largest absolute Gasteiger partial charge is 0.329 e. The van der Waals surface area contributed by atoms with Crippen LogP contribution >= 0.6 is 0 Å². The molecule has 7 heteroatoms. The summed E-state index contributed by atoms with van der Waals surface area (Å²) in [5, 5.41) is 0. The zero-order valence-corrected chi connectivity index (χ0v) is 12.7. The first-order chi connectivity index (χ1) is 9.82. The van der Waals surface area contributed by atoms with E-state index >= 15 is 0 Å². The van der Waals surface area contributed by atoms with Gasteiger partial charge >= 0.3 is 0 Å². The van der Waals surface area contributed by atoms with Crippen molar-refractivity contribution in [1.82, 2.24) is 4.72 Å². The molecule has 118 valence electrons. The normalized spacial score (nSPS) is 26.8. The SMILES string of the molecule is CC1CCCCC1(CN)NS(=O)(=O)c1c(F)cccc1F. The molecule has 1 aliphatic carbocycles. The molecule has 0 aromatic heterocycles. The van der Waals surface area contributed by atoms with Gasteiger partial charge in [-0.25, -0.2) is 21.9 Å². The number of rotatable bonds is 4. The third-order valence-electron chi connectivity index (χ3n) is 4.34. The molecular formula is C14H20F2N2O2S. The van der Waals surface area contributed by atoms with Crippen molar-refractivity contribution in [2.75, 3.05) is 6.54 Å². The van der Waals surface area contributed by atoms with Crippen LogP contribution in [0.4, 0.5) is 8.78 Å². The monoisotopic (exact) mass is 318 g/mol. The van der Waals surface area contributed by atoms with Crippen LogP contribution in [0.5, 0.6) is 0 Å². The molecule has 0 heterocycles. The van der Waals surface area contributed by atoms with Gasteiger partial charge in [0.1, 0.15) is 11.6 Å². The molecule has 3 N–H and O–H groups in total. The summed E-state index contributed by atoms with van der Waals surface area (Å²) < 4.78 is 54.8. The first kappa shape index (κ1) is 16.3. The molecule has 4 nitrogen and oxygen atoms in total. The Balaban J connectivity index is 2.40. The van der Waals surface area contributed by atoms with Gasteiger partial charge in [-0.2, -0.15) is 0 Å². The maximum atomic E-state index is 13.7. The van der Waals surface area contributed by atoms with Gasteiger partial charge in [-0.15, -0.1) is 0 Å². The molecule has 0 amide bonds. The highest BCUT2D eigenvalue weighted by molar-refractivity contribution is 7.89. The van der Waals surface area contributed by atoms with Crippen molar-refractivity contribution in [3.63, 3.8) is 0 Å². The minimum Gasteiger partial charge on any atom is -0.329 e. The summed E-state index contributed by atoms with van der Waals surface area (Å²) in [7, 11) is -4.30. The van der Waals surface area contributed by atoms with E-state index in [4.69, 9.17) is 5.73 Å². The fraction of sp³-hybridized carbons (Fsp3) is 0.571. The topological polar surface area (TPSA) is 72.2 Å². The lowest BCUT2D eigenvalue weighted by molar-refractivity contribution is 0.191. The summed E-state index contributed by atoms with van der Waals surface area (Å²) in [6.45, 7) is 2.01. The summed E-state index contributed by atoms with van der Waals surface area (Å²) in [4.78, 5) is -0.935. The van der Waals surface area contributed by atoms with Crippen LogP contribution in [0.3, 0.4) is 0 Å². The predicted molar refractivity (Wildman–Crippen MR) is 76.1 cm³/mol. The van der Waals surface area contributed by atoms with E-state index < -0.39 is 32.1 Å². The van der Waals surface area contributed by atoms with Gasteiger partial charge in [0.05, 0.1) is 0 Å². The van der Waals surface area contributed by atoms with Crippen molar-refractivity contribution in [2.45, 2.75) is 43.0 Å². The van der Waals surface area contributed by atoms with E-state index in [0.717, 1.165) is 37.5 Å². The molecule has 2 atom stereocenters. The molecule has 0 bridgehead atoms. The average molecular weight is 318 g/mol. The summed E-state index contributed by atoms with van der Waals surface area (Å²) in [6.07, 6.45) is 3.24. The van der Waals surface area contributed by atoms with Crippen molar-refractivity contribution < 1.29 is 17.2 Å². The van der Waals surface area contributed by atoms with E-state index in [2.05, 4.69) is 4.72 Å². The Labute approximate surface area is 123 Å². The molecule has 0 aliphatic heterocycles. The summed E-state index contributed by atoms with van der Waals surface area (Å²) >= 11 is 0. The lowest BCUT2D eigenvalue weighted by Gasteiger charge is -2.42. The molecule has 2 rings (SSSR count). The zero-order valence-electron chi connectivity index (χ0n) is 11.9. The van der Waals surface area contributed by atoms with Crippen molar-refractivity contribution in [1.29, 1.82) is 0 Å². The molecule has 1 aliphatic rings. The van der Waals surface area contributed by atoms with Crippen LogP contribution in [0.25, 0.3) is 0 Å². The second-order valence-electron chi connectivity index (χ2n) is 5.66. The van der Waals surface area contributed by atoms with Crippen LogP contribution in [0, 0.1) is 17.6 Å². The maximum Gasteiger partial charge on any atom is 0.246 e. The van der Waals surface area contributed by atoms with Crippen LogP contribution in [-0.4, -0.2) is 20.5 Å². The molecule has 21 heavy (non-hydrogen) atoms. The number of halogens is 2. The number of nitrogens with two attached hydrogens (primary N) is 1. The van der Waals surface area contributed by atoms with Crippen molar-refractivity contribution in [2.24, 2.45) is 11.7 Å². The standard InChI is InChI=1S/C14H20F2N2O2S/c1-10-5-2-3-8-14(10,9-17)18-21(19,20)13-11(15)6-4-7-12(13)16/h4,6-7,10,18H,2-3,5,8-9,17H2,1H3. The third kappa shape index (κ3) is 3.09. The fourth-order valence-electron chi connectivity index (χ4n) is 2.97. The van der Waals surface area contributed by atoms with E-state index in [1.165, 1.54) is 0 Å². The quantitative estimate of drug-likeness (QED) is 0.893. The van der Waals surface area contributed by atoms with Crippen LogP contribution in [0.15, 0.2) is 23.1 Å². The number of nitrogens with one attached hydrogen (secondary N) is 1. The molecule has 1 aromatic carbocycles. The minimum absolute atomic E-state index is 0.0147. The highest BCUT2D eigenvalue weighted by Gasteiger charge is 2.41. The Bertz CT molecular complexity index is 601. The number of benzene rings is 1. The Morgan fingerprint density at radius 3 is 2.48 bits per heavy atom. The number of hydrogen-bond donors (Lipinski definition) is 2. The Kier molecular flexibility index (Phi) is 4.65. The van der Waals surface area contributed by atoms with Crippen LogP contribution in [0.2, 0.25) is 0 Å². The molecule has 0 radical (unpaired) electrons. The van der Waals surface area contributed by atoms with Gasteiger partial charge in [-0.3, -0.25) is 0 Å². The third-order valence-corrected chi connectivity index (χ3v) is 5.95. The van der Waals surface area contributed by atoms with Gasteiger partial charge in [0.2, 0.25) is 10.0 Å². The van der Waals surface area contributed by atoms with Crippen molar-refractivity contribution >= 4 is 10.0 Å². The molecule has 0 saturated heterocycles. The lowest BCUT2D eigenvalue weighted by Crippen LogP contribution is -2.59.